The van der Waals surface area contributed by atoms with Gasteiger partial charge in [0.25, 0.3) is 0 Å². The number of H-pyrrole nitrogens is 1. The predicted octanol–water partition coefficient (Wildman–Crippen LogP) is 3.40. The number of piperidine rings is 1. The zero-order chi connectivity index (χ0) is 19.8. The molecule has 146 valence electrons. The van der Waals surface area contributed by atoms with Crippen LogP contribution < -0.4 is 0 Å². The highest BCUT2D eigenvalue weighted by molar-refractivity contribution is 5.94. The maximum Gasteiger partial charge on any atom is 0.219 e. The summed E-state index contributed by atoms with van der Waals surface area (Å²) in [4.78, 5) is 13.4. The van der Waals surface area contributed by atoms with Gasteiger partial charge in [-0.3, -0.25) is 4.79 Å². The Hall–Kier alpha value is -3.55. The van der Waals surface area contributed by atoms with E-state index in [9.17, 15) is 4.79 Å². The van der Waals surface area contributed by atoms with Crippen LogP contribution in [0.25, 0.3) is 33.6 Å². The van der Waals surface area contributed by atoms with Crippen LogP contribution >= 0.6 is 0 Å². The van der Waals surface area contributed by atoms with Crippen molar-refractivity contribution in [3.63, 3.8) is 0 Å². The lowest BCUT2D eigenvalue weighted by atomic mass is 9.88. The number of fused-ring (bicyclic) bond motifs is 1. The number of amides is 1. The first-order valence-corrected chi connectivity index (χ1v) is 9.68. The normalized spacial score (nSPS) is 15.1. The SMILES string of the molecule is CC(=O)N1CCC(c2ccc(-c3onc4ccc(-c5nn[nH]n5)cc34)cc2)CC1. The number of benzene rings is 2. The molecule has 0 radical (unpaired) electrons. The summed E-state index contributed by atoms with van der Waals surface area (Å²) < 4.78 is 5.64. The van der Waals surface area contributed by atoms with Gasteiger partial charge in [0.1, 0.15) is 5.52 Å². The number of likely N-dealkylation sites (tertiary alicyclic amines) is 1. The summed E-state index contributed by atoms with van der Waals surface area (Å²) in [5.41, 5.74) is 3.91. The molecule has 0 spiro atoms. The van der Waals surface area contributed by atoms with Crippen LogP contribution in [0, 0.1) is 0 Å². The Morgan fingerprint density at radius 1 is 1.10 bits per heavy atom. The van der Waals surface area contributed by atoms with Crippen LogP contribution in [0.3, 0.4) is 0 Å². The Kier molecular flexibility index (Phi) is 4.31. The summed E-state index contributed by atoms with van der Waals surface area (Å²) in [6.07, 6.45) is 2.00. The molecule has 1 N–H and O–H groups in total. The van der Waals surface area contributed by atoms with Crippen molar-refractivity contribution in [1.82, 2.24) is 30.7 Å². The second kappa shape index (κ2) is 7.12. The van der Waals surface area contributed by atoms with Gasteiger partial charge >= 0.3 is 0 Å². The standard InChI is InChI=1S/C21H20N6O2/c1-13(28)27-10-8-15(9-11-27)14-2-4-16(5-3-14)20-18-12-17(21-22-25-26-23-21)6-7-19(18)24-29-20/h2-7,12,15H,8-11H2,1H3,(H,22,23,25,26). The Morgan fingerprint density at radius 2 is 1.86 bits per heavy atom. The first kappa shape index (κ1) is 17.5. The van der Waals surface area contributed by atoms with Crippen molar-refractivity contribution < 1.29 is 9.32 Å². The summed E-state index contributed by atoms with van der Waals surface area (Å²) in [6, 6.07) is 14.2. The molecule has 8 heteroatoms. The average Bonchev–Trinajstić information content (AvgIpc) is 3.44. The second-order valence-corrected chi connectivity index (χ2v) is 7.38. The van der Waals surface area contributed by atoms with E-state index in [2.05, 4.69) is 50.0 Å². The highest BCUT2D eigenvalue weighted by Crippen LogP contribution is 2.33. The molecule has 1 fully saturated rings. The lowest BCUT2D eigenvalue weighted by Crippen LogP contribution is -2.36. The summed E-state index contributed by atoms with van der Waals surface area (Å²) >= 11 is 0. The highest BCUT2D eigenvalue weighted by atomic mass is 16.5. The summed E-state index contributed by atoms with van der Waals surface area (Å²) in [5.74, 6) is 1.90. The van der Waals surface area contributed by atoms with Crippen molar-refractivity contribution in [2.75, 3.05) is 13.1 Å². The number of nitrogens with zero attached hydrogens (tertiary/aromatic N) is 5. The number of nitrogens with one attached hydrogen (secondary N) is 1. The van der Waals surface area contributed by atoms with E-state index in [0.29, 0.717) is 11.7 Å². The average molecular weight is 388 g/mol. The fourth-order valence-electron chi connectivity index (χ4n) is 4.01. The molecule has 0 saturated carbocycles. The molecule has 1 aliphatic rings. The van der Waals surface area contributed by atoms with Crippen LogP contribution in [0.4, 0.5) is 0 Å². The number of rotatable bonds is 3. The van der Waals surface area contributed by atoms with Crippen molar-refractivity contribution in [3.8, 4) is 22.7 Å². The fourth-order valence-corrected chi connectivity index (χ4v) is 4.01. The maximum absolute atomic E-state index is 11.5. The van der Waals surface area contributed by atoms with Crippen LogP contribution in [0.15, 0.2) is 47.0 Å². The molecule has 1 amide bonds. The number of aromatic nitrogens is 5. The molecule has 0 unspecified atom stereocenters. The number of carbonyl (C=O) groups excluding carboxylic acids is 1. The van der Waals surface area contributed by atoms with E-state index in [1.807, 2.05) is 23.1 Å². The third-order valence-corrected chi connectivity index (χ3v) is 5.66. The molecule has 1 saturated heterocycles. The lowest BCUT2D eigenvalue weighted by Gasteiger charge is -2.31. The van der Waals surface area contributed by atoms with Gasteiger partial charge in [-0.15, -0.1) is 10.2 Å². The summed E-state index contributed by atoms with van der Waals surface area (Å²) in [7, 11) is 0. The van der Waals surface area contributed by atoms with Crippen molar-refractivity contribution in [2.45, 2.75) is 25.7 Å². The van der Waals surface area contributed by atoms with Gasteiger partial charge in [0.15, 0.2) is 5.76 Å². The molecular weight excluding hydrogens is 368 g/mol. The smallest absolute Gasteiger partial charge is 0.219 e. The zero-order valence-electron chi connectivity index (χ0n) is 16.0. The van der Waals surface area contributed by atoms with Gasteiger partial charge < -0.3 is 9.42 Å². The molecule has 8 nitrogen and oxygen atoms in total. The molecule has 0 atom stereocenters. The van der Waals surface area contributed by atoms with Crippen molar-refractivity contribution in [3.05, 3.63) is 48.0 Å². The van der Waals surface area contributed by atoms with Crippen molar-refractivity contribution in [2.24, 2.45) is 0 Å². The minimum atomic E-state index is 0.163. The molecule has 4 aromatic rings. The zero-order valence-corrected chi connectivity index (χ0v) is 16.0. The van der Waals surface area contributed by atoms with Crippen molar-refractivity contribution >= 4 is 16.8 Å². The highest BCUT2D eigenvalue weighted by Gasteiger charge is 2.22. The Balaban J connectivity index is 1.41. The van der Waals surface area contributed by atoms with E-state index in [4.69, 9.17) is 4.52 Å². The Bertz CT molecular complexity index is 1140. The van der Waals surface area contributed by atoms with E-state index >= 15 is 0 Å². The maximum atomic E-state index is 11.5. The second-order valence-electron chi connectivity index (χ2n) is 7.38. The topological polar surface area (TPSA) is 101 Å². The Morgan fingerprint density at radius 3 is 2.55 bits per heavy atom. The van der Waals surface area contributed by atoms with E-state index in [-0.39, 0.29) is 5.91 Å². The van der Waals surface area contributed by atoms with Gasteiger partial charge in [-0.05, 0) is 47.7 Å². The van der Waals surface area contributed by atoms with E-state index < -0.39 is 0 Å². The van der Waals surface area contributed by atoms with E-state index in [1.165, 1.54) is 5.56 Å². The van der Waals surface area contributed by atoms with Gasteiger partial charge in [-0.25, -0.2) is 0 Å². The van der Waals surface area contributed by atoms with Gasteiger partial charge in [-0.1, -0.05) is 29.4 Å². The molecular formula is C21H20N6O2. The molecule has 3 heterocycles. The van der Waals surface area contributed by atoms with Crippen molar-refractivity contribution in [1.29, 1.82) is 0 Å². The van der Waals surface area contributed by atoms with Crippen LogP contribution in [0.2, 0.25) is 0 Å². The number of aromatic amines is 1. The first-order chi connectivity index (χ1) is 14.2. The van der Waals surface area contributed by atoms with Gasteiger partial charge in [0, 0.05) is 31.1 Å². The molecule has 5 rings (SSSR count). The monoisotopic (exact) mass is 388 g/mol. The largest absolute Gasteiger partial charge is 0.355 e. The number of hydrogen-bond donors (Lipinski definition) is 1. The van der Waals surface area contributed by atoms with E-state index in [1.54, 1.807) is 6.92 Å². The molecule has 0 aliphatic carbocycles. The van der Waals surface area contributed by atoms with Crippen LogP contribution in [0.5, 0.6) is 0 Å². The van der Waals surface area contributed by atoms with Gasteiger partial charge in [0.2, 0.25) is 11.7 Å². The number of carbonyl (C=O) groups is 1. The first-order valence-electron chi connectivity index (χ1n) is 9.68. The molecule has 29 heavy (non-hydrogen) atoms. The Labute approximate surface area is 166 Å². The molecule has 1 aliphatic heterocycles. The minimum absolute atomic E-state index is 0.163. The predicted molar refractivity (Wildman–Crippen MR) is 107 cm³/mol. The number of tetrazole rings is 1. The minimum Gasteiger partial charge on any atom is -0.355 e. The summed E-state index contributed by atoms with van der Waals surface area (Å²) in [6.45, 7) is 3.29. The van der Waals surface area contributed by atoms with Gasteiger partial charge in [-0.2, -0.15) is 5.21 Å². The molecule has 2 aromatic heterocycles. The van der Waals surface area contributed by atoms with Crippen LogP contribution in [-0.2, 0) is 4.79 Å². The molecule has 2 aromatic carbocycles. The quantitative estimate of drug-likeness (QED) is 0.577. The van der Waals surface area contributed by atoms with Crippen LogP contribution in [0.1, 0.15) is 31.2 Å². The third kappa shape index (κ3) is 3.26. The fraction of sp³-hybridized carbons (Fsp3) is 0.286. The number of hydrogen-bond acceptors (Lipinski definition) is 6. The van der Waals surface area contributed by atoms with E-state index in [0.717, 1.165) is 53.7 Å². The molecule has 0 bridgehead atoms. The summed E-state index contributed by atoms with van der Waals surface area (Å²) in [5, 5.41) is 19.3. The van der Waals surface area contributed by atoms with Gasteiger partial charge in [0.05, 0.1) is 5.39 Å². The third-order valence-electron chi connectivity index (χ3n) is 5.66. The lowest BCUT2D eigenvalue weighted by molar-refractivity contribution is -0.129. The van der Waals surface area contributed by atoms with Crippen LogP contribution in [-0.4, -0.2) is 49.7 Å².